The van der Waals surface area contributed by atoms with Crippen LogP contribution >= 0.6 is 0 Å². The Bertz CT molecular complexity index is 460. The summed E-state index contributed by atoms with van der Waals surface area (Å²) >= 11 is 0. The van der Waals surface area contributed by atoms with Gasteiger partial charge in [0.05, 0.1) is 13.2 Å². The zero-order valence-electron chi connectivity index (χ0n) is 12.0. The molecular weight excluding hydrogens is 250 g/mol. The second-order valence-electron chi connectivity index (χ2n) is 5.93. The number of ether oxygens (including phenoxy) is 1. The van der Waals surface area contributed by atoms with Gasteiger partial charge >= 0.3 is 0 Å². The normalized spacial score (nSPS) is 21.2. The molecule has 2 fully saturated rings. The van der Waals surface area contributed by atoms with Crippen LogP contribution in [0.25, 0.3) is 0 Å². The standard InChI is InChI=1S/C17H23NO2/c19-17(15-5-1-2-6-15)16-7-3-4-14(12-16)13-18-8-10-20-11-9-18/h3-4,7,12,15H,1-2,5-6,8-11,13H2. The van der Waals surface area contributed by atoms with Crippen LogP contribution in [-0.2, 0) is 11.3 Å². The Morgan fingerprint density at radius 2 is 1.95 bits per heavy atom. The number of ketones is 1. The summed E-state index contributed by atoms with van der Waals surface area (Å²) < 4.78 is 5.37. The largest absolute Gasteiger partial charge is 0.379 e. The maximum absolute atomic E-state index is 12.5. The summed E-state index contributed by atoms with van der Waals surface area (Å²) in [6, 6.07) is 8.22. The molecular formula is C17H23NO2. The van der Waals surface area contributed by atoms with Crippen molar-refractivity contribution in [2.45, 2.75) is 32.2 Å². The predicted molar refractivity (Wildman–Crippen MR) is 78.8 cm³/mol. The van der Waals surface area contributed by atoms with Crippen molar-refractivity contribution in [2.24, 2.45) is 5.92 Å². The monoisotopic (exact) mass is 273 g/mol. The molecule has 2 aliphatic rings. The fourth-order valence-corrected chi connectivity index (χ4v) is 3.26. The molecule has 3 rings (SSSR count). The minimum atomic E-state index is 0.272. The van der Waals surface area contributed by atoms with Gasteiger partial charge in [0.25, 0.3) is 0 Å². The van der Waals surface area contributed by atoms with Gasteiger partial charge in [-0.1, -0.05) is 31.0 Å². The average molecular weight is 273 g/mol. The third kappa shape index (κ3) is 3.28. The van der Waals surface area contributed by atoms with E-state index in [0.29, 0.717) is 5.78 Å². The summed E-state index contributed by atoms with van der Waals surface area (Å²) in [4.78, 5) is 14.8. The molecule has 3 heteroatoms. The smallest absolute Gasteiger partial charge is 0.165 e. The van der Waals surface area contributed by atoms with E-state index in [1.54, 1.807) is 0 Å². The van der Waals surface area contributed by atoms with Crippen LogP contribution < -0.4 is 0 Å². The maximum Gasteiger partial charge on any atom is 0.165 e. The van der Waals surface area contributed by atoms with E-state index in [-0.39, 0.29) is 5.92 Å². The highest BCUT2D eigenvalue weighted by molar-refractivity contribution is 5.98. The minimum absolute atomic E-state index is 0.272. The molecule has 1 aromatic rings. The van der Waals surface area contributed by atoms with Gasteiger partial charge in [-0.05, 0) is 24.5 Å². The van der Waals surface area contributed by atoms with E-state index in [1.807, 2.05) is 12.1 Å². The molecule has 1 saturated heterocycles. The summed E-state index contributed by atoms with van der Waals surface area (Å²) in [7, 11) is 0. The Morgan fingerprint density at radius 3 is 2.70 bits per heavy atom. The van der Waals surface area contributed by atoms with E-state index in [1.165, 1.54) is 18.4 Å². The van der Waals surface area contributed by atoms with Gasteiger partial charge < -0.3 is 4.74 Å². The average Bonchev–Trinajstić information content (AvgIpc) is 3.02. The molecule has 0 spiro atoms. The van der Waals surface area contributed by atoms with Crippen LogP contribution in [0.3, 0.4) is 0 Å². The molecule has 1 aromatic carbocycles. The van der Waals surface area contributed by atoms with Crippen LogP contribution in [0.4, 0.5) is 0 Å². The van der Waals surface area contributed by atoms with E-state index >= 15 is 0 Å². The highest BCUT2D eigenvalue weighted by Gasteiger charge is 2.23. The van der Waals surface area contributed by atoms with Crippen molar-refractivity contribution in [3.8, 4) is 0 Å². The molecule has 1 heterocycles. The van der Waals surface area contributed by atoms with E-state index in [0.717, 1.165) is 51.3 Å². The van der Waals surface area contributed by atoms with E-state index in [4.69, 9.17) is 4.74 Å². The van der Waals surface area contributed by atoms with Gasteiger partial charge in [-0.15, -0.1) is 0 Å². The molecule has 1 aliphatic carbocycles. The van der Waals surface area contributed by atoms with Gasteiger partial charge in [0.15, 0.2) is 5.78 Å². The molecule has 0 bridgehead atoms. The number of morpholine rings is 1. The van der Waals surface area contributed by atoms with Crippen LogP contribution in [0.2, 0.25) is 0 Å². The number of nitrogens with zero attached hydrogens (tertiary/aromatic N) is 1. The van der Waals surface area contributed by atoms with Gasteiger partial charge in [0.2, 0.25) is 0 Å². The molecule has 20 heavy (non-hydrogen) atoms. The van der Waals surface area contributed by atoms with Crippen molar-refractivity contribution in [3.05, 3.63) is 35.4 Å². The first-order valence-corrected chi connectivity index (χ1v) is 7.76. The van der Waals surface area contributed by atoms with Crippen molar-refractivity contribution in [1.29, 1.82) is 0 Å². The molecule has 0 amide bonds. The highest BCUT2D eigenvalue weighted by atomic mass is 16.5. The van der Waals surface area contributed by atoms with Crippen LogP contribution in [0.5, 0.6) is 0 Å². The summed E-state index contributed by atoms with van der Waals surface area (Å²) in [5.74, 6) is 0.625. The third-order valence-corrected chi connectivity index (χ3v) is 4.45. The number of hydrogen-bond donors (Lipinski definition) is 0. The van der Waals surface area contributed by atoms with Crippen molar-refractivity contribution < 1.29 is 9.53 Å². The van der Waals surface area contributed by atoms with Crippen molar-refractivity contribution >= 4 is 5.78 Å². The van der Waals surface area contributed by atoms with Crippen molar-refractivity contribution in [1.82, 2.24) is 4.90 Å². The maximum atomic E-state index is 12.5. The first kappa shape index (κ1) is 13.8. The second kappa shape index (κ2) is 6.51. The molecule has 1 saturated carbocycles. The molecule has 0 N–H and O–H groups in total. The van der Waals surface area contributed by atoms with Gasteiger partial charge in [-0.2, -0.15) is 0 Å². The highest BCUT2D eigenvalue weighted by Crippen LogP contribution is 2.28. The van der Waals surface area contributed by atoms with Crippen LogP contribution in [-0.4, -0.2) is 37.0 Å². The number of Topliss-reactive ketones (excluding diaryl/α,β-unsaturated/α-hetero) is 1. The Balaban J connectivity index is 1.67. The van der Waals surface area contributed by atoms with Crippen molar-refractivity contribution in [3.63, 3.8) is 0 Å². The van der Waals surface area contributed by atoms with Crippen LogP contribution in [0.15, 0.2) is 24.3 Å². The lowest BCUT2D eigenvalue weighted by Crippen LogP contribution is -2.35. The first-order chi connectivity index (χ1) is 9.83. The van der Waals surface area contributed by atoms with Crippen LogP contribution in [0, 0.1) is 5.92 Å². The fourth-order valence-electron chi connectivity index (χ4n) is 3.26. The summed E-state index contributed by atoms with van der Waals surface area (Å²) in [5, 5.41) is 0. The molecule has 0 unspecified atom stereocenters. The predicted octanol–water partition coefficient (Wildman–Crippen LogP) is 2.89. The number of carbonyl (C=O) groups excluding carboxylic acids is 1. The minimum Gasteiger partial charge on any atom is -0.379 e. The molecule has 0 radical (unpaired) electrons. The summed E-state index contributed by atoms with van der Waals surface area (Å²) in [6.45, 7) is 4.54. The molecule has 0 atom stereocenters. The zero-order chi connectivity index (χ0) is 13.8. The quantitative estimate of drug-likeness (QED) is 0.790. The third-order valence-electron chi connectivity index (χ3n) is 4.45. The first-order valence-electron chi connectivity index (χ1n) is 7.76. The number of carbonyl (C=O) groups is 1. The Hall–Kier alpha value is -1.19. The zero-order valence-corrected chi connectivity index (χ0v) is 12.0. The fraction of sp³-hybridized carbons (Fsp3) is 0.588. The molecule has 3 nitrogen and oxygen atoms in total. The van der Waals surface area contributed by atoms with E-state index in [2.05, 4.69) is 17.0 Å². The topological polar surface area (TPSA) is 29.5 Å². The molecule has 108 valence electrons. The lowest BCUT2D eigenvalue weighted by molar-refractivity contribution is 0.0342. The summed E-state index contributed by atoms with van der Waals surface area (Å²) in [6.07, 6.45) is 4.58. The summed E-state index contributed by atoms with van der Waals surface area (Å²) in [5.41, 5.74) is 2.15. The Labute approximate surface area is 120 Å². The number of benzene rings is 1. The van der Waals surface area contributed by atoms with Gasteiger partial charge in [0.1, 0.15) is 0 Å². The van der Waals surface area contributed by atoms with Gasteiger partial charge in [-0.25, -0.2) is 0 Å². The Kier molecular flexibility index (Phi) is 4.48. The van der Waals surface area contributed by atoms with E-state index in [9.17, 15) is 4.79 Å². The second-order valence-corrected chi connectivity index (χ2v) is 5.93. The Morgan fingerprint density at radius 1 is 1.20 bits per heavy atom. The van der Waals surface area contributed by atoms with Gasteiger partial charge in [-0.3, -0.25) is 9.69 Å². The number of rotatable bonds is 4. The van der Waals surface area contributed by atoms with E-state index < -0.39 is 0 Å². The number of hydrogen-bond acceptors (Lipinski definition) is 3. The lowest BCUT2D eigenvalue weighted by atomic mass is 9.95. The SMILES string of the molecule is O=C(c1cccc(CN2CCOCC2)c1)C1CCCC1. The molecule has 0 aromatic heterocycles. The van der Waals surface area contributed by atoms with Crippen molar-refractivity contribution in [2.75, 3.05) is 26.3 Å². The molecule has 1 aliphatic heterocycles. The lowest BCUT2D eigenvalue weighted by Gasteiger charge is -2.26. The van der Waals surface area contributed by atoms with Crippen LogP contribution in [0.1, 0.15) is 41.6 Å². The van der Waals surface area contributed by atoms with Gasteiger partial charge in [0, 0.05) is 31.1 Å².